The molecular formula is C26H19FN4O3S. The van der Waals surface area contributed by atoms with Gasteiger partial charge in [0.05, 0.1) is 0 Å². The average molecular weight is 487 g/mol. The van der Waals surface area contributed by atoms with Crippen LogP contribution in [0.4, 0.5) is 10.1 Å². The molecule has 1 N–H and O–H groups in total. The van der Waals surface area contributed by atoms with E-state index in [1.807, 2.05) is 34.9 Å². The Kier molecular flexibility index (Phi) is 6.15. The number of amides is 1. The van der Waals surface area contributed by atoms with Gasteiger partial charge in [0, 0.05) is 47.1 Å². The van der Waals surface area contributed by atoms with E-state index in [1.165, 1.54) is 36.9 Å². The van der Waals surface area contributed by atoms with E-state index < -0.39 is 5.63 Å². The molecule has 0 aliphatic rings. The minimum absolute atomic E-state index is 0.215. The van der Waals surface area contributed by atoms with Crippen LogP contribution in [0.2, 0.25) is 0 Å². The first-order chi connectivity index (χ1) is 17.0. The fourth-order valence-electron chi connectivity index (χ4n) is 3.73. The number of nitrogens with zero attached hydrogens (tertiary/aromatic N) is 3. The summed E-state index contributed by atoms with van der Waals surface area (Å²) in [5, 5.41) is 12.8. The van der Waals surface area contributed by atoms with Crippen molar-refractivity contribution in [2.45, 2.75) is 17.8 Å². The molecule has 0 aliphatic heterocycles. The molecule has 0 radical (unpaired) electrons. The van der Waals surface area contributed by atoms with E-state index in [4.69, 9.17) is 4.42 Å². The molecule has 0 bridgehead atoms. The highest BCUT2D eigenvalue weighted by atomic mass is 32.2. The predicted molar refractivity (Wildman–Crippen MR) is 133 cm³/mol. The van der Waals surface area contributed by atoms with Gasteiger partial charge in [-0.3, -0.25) is 9.36 Å². The third kappa shape index (κ3) is 4.85. The van der Waals surface area contributed by atoms with Crippen LogP contribution >= 0.6 is 11.8 Å². The van der Waals surface area contributed by atoms with Crippen LogP contribution in [-0.2, 0) is 10.5 Å². The normalized spacial score (nSPS) is 11.0. The molecule has 0 aliphatic carbocycles. The lowest BCUT2D eigenvalue weighted by atomic mass is 10.1. The smallest absolute Gasteiger partial charge is 0.336 e. The first kappa shape index (κ1) is 22.5. The Morgan fingerprint density at radius 2 is 1.80 bits per heavy atom. The van der Waals surface area contributed by atoms with Crippen LogP contribution < -0.4 is 10.9 Å². The number of hydrogen-bond donors (Lipinski definition) is 1. The first-order valence-corrected chi connectivity index (χ1v) is 11.7. The minimum Gasteiger partial charge on any atom is -0.423 e. The number of anilines is 1. The number of aromatic nitrogens is 3. The zero-order chi connectivity index (χ0) is 24.4. The molecule has 0 atom stereocenters. The third-order valence-electron chi connectivity index (χ3n) is 5.26. The van der Waals surface area contributed by atoms with Crippen molar-refractivity contribution in [2.24, 2.45) is 0 Å². The lowest BCUT2D eigenvalue weighted by molar-refractivity contribution is -0.114. The second-order valence-electron chi connectivity index (χ2n) is 7.76. The maximum absolute atomic E-state index is 13.6. The van der Waals surface area contributed by atoms with Crippen LogP contribution in [0, 0.1) is 5.82 Å². The number of carbonyl (C=O) groups excluding carboxylic acids is 1. The van der Waals surface area contributed by atoms with Gasteiger partial charge in [-0.1, -0.05) is 42.1 Å². The summed E-state index contributed by atoms with van der Waals surface area (Å²) >= 11 is 1.40. The van der Waals surface area contributed by atoms with Gasteiger partial charge in [0.15, 0.2) is 11.0 Å². The summed E-state index contributed by atoms with van der Waals surface area (Å²) in [4.78, 5) is 23.6. The molecule has 0 saturated heterocycles. The van der Waals surface area contributed by atoms with Crippen molar-refractivity contribution >= 4 is 34.3 Å². The average Bonchev–Trinajstić information content (AvgIpc) is 3.27. The Labute approximate surface area is 203 Å². The summed E-state index contributed by atoms with van der Waals surface area (Å²) in [6.45, 7) is 1.41. The van der Waals surface area contributed by atoms with Gasteiger partial charge >= 0.3 is 5.63 Å². The maximum atomic E-state index is 13.6. The quantitative estimate of drug-likeness (QED) is 0.254. The van der Waals surface area contributed by atoms with Gasteiger partial charge in [-0.2, -0.15) is 0 Å². The van der Waals surface area contributed by atoms with Gasteiger partial charge in [-0.15, -0.1) is 10.2 Å². The molecule has 174 valence electrons. The molecule has 2 heterocycles. The third-order valence-corrected chi connectivity index (χ3v) is 6.24. The highest BCUT2D eigenvalue weighted by Gasteiger charge is 2.17. The molecule has 1 amide bonds. The molecule has 35 heavy (non-hydrogen) atoms. The second-order valence-corrected chi connectivity index (χ2v) is 8.70. The second kappa shape index (κ2) is 9.55. The Morgan fingerprint density at radius 3 is 2.54 bits per heavy atom. The fraction of sp³-hybridized carbons (Fsp3) is 0.0769. The number of nitrogens with one attached hydrogen (secondary N) is 1. The molecule has 0 fully saturated rings. The fourth-order valence-corrected chi connectivity index (χ4v) is 4.68. The van der Waals surface area contributed by atoms with Crippen molar-refractivity contribution < 1.29 is 13.6 Å². The monoisotopic (exact) mass is 486 g/mol. The number of fused-ring (bicyclic) bond motifs is 1. The Morgan fingerprint density at radius 1 is 1.03 bits per heavy atom. The summed E-state index contributed by atoms with van der Waals surface area (Å²) in [6.07, 6.45) is 0. The number of benzene rings is 3. The van der Waals surface area contributed by atoms with E-state index >= 15 is 0 Å². The number of rotatable bonds is 6. The Hall–Kier alpha value is -4.24. The molecule has 9 heteroatoms. The zero-order valence-corrected chi connectivity index (χ0v) is 19.4. The van der Waals surface area contributed by atoms with Crippen LogP contribution in [0.3, 0.4) is 0 Å². The lowest BCUT2D eigenvalue weighted by Crippen LogP contribution is -2.06. The van der Waals surface area contributed by atoms with E-state index in [0.29, 0.717) is 28.0 Å². The summed E-state index contributed by atoms with van der Waals surface area (Å²) in [6, 6.07) is 22.4. The molecule has 2 aromatic heterocycles. The van der Waals surface area contributed by atoms with Crippen molar-refractivity contribution in [3.05, 3.63) is 101 Å². The van der Waals surface area contributed by atoms with Crippen molar-refractivity contribution in [2.75, 3.05) is 5.32 Å². The van der Waals surface area contributed by atoms with Gasteiger partial charge in [0.2, 0.25) is 5.91 Å². The molecule has 0 spiro atoms. The largest absolute Gasteiger partial charge is 0.423 e. The van der Waals surface area contributed by atoms with Crippen LogP contribution in [0.25, 0.3) is 28.0 Å². The van der Waals surface area contributed by atoms with E-state index in [0.717, 1.165) is 22.2 Å². The highest BCUT2D eigenvalue weighted by Crippen LogP contribution is 2.31. The van der Waals surface area contributed by atoms with Crippen molar-refractivity contribution in [3.63, 3.8) is 0 Å². The molecule has 5 rings (SSSR count). The summed E-state index contributed by atoms with van der Waals surface area (Å²) < 4.78 is 20.8. The van der Waals surface area contributed by atoms with E-state index in [1.54, 1.807) is 30.3 Å². The van der Waals surface area contributed by atoms with E-state index in [-0.39, 0.29) is 11.7 Å². The molecule has 5 aromatic rings. The van der Waals surface area contributed by atoms with Crippen molar-refractivity contribution in [1.29, 1.82) is 0 Å². The van der Waals surface area contributed by atoms with Gasteiger partial charge in [-0.05, 0) is 42.0 Å². The molecule has 0 saturated carbocycles. The van der Waals surface area contributed by atoms with Crippen LogP contribution in [0.15, 0.2) is 93.2 Å². The predicted octanol–water partition coefficient (Wildman–Crippen LogP) is 5.43. The maximum Gasteiger partial charge on any atom is 0.336 e. The van der Waals surface area contributed by atoms with Gasteiger partial charge in [0.25, 0.3) is 0 Å². The summed E-state index contributed by atoms with van der Waals surface area (Å²) in [5.74, 6) is 0.485. The Balaban J connectivity index is 1.52. The topological polar surface area (TPSA) is 90.0 Å². The van der Waals surface area contributed by atoms with E-state index in [9.17, 15) is 14.0 Å². The molecular weight excluding hydrogens is 467 g/mol. The van der Waals surface area contributed by atoms with Gasteiger partial charge in [0.1, 0.15) is 11.4 Å². The molecule has 0 unspecified atom stereocenters. The number of carbonyl (C=O) groups is 1. The van der Waals surface area contributed by atoms with Crippen LogP contribution in [-0.4, -0.2) is 20.7 Å². The van der Waals surface area contributed by atoms with Crippen LogP contribution in [0.5, 0.6) is 0 Å². The minimum atomic E-state index is -0.488. The van der Waals surface area contributed by atoms with Crippen molar-refractivity contribution in [1.82, 2.24) is 14.8 Å². The lowest BCUT2D eigenvalue weighted by Gasteiger charge is -2.11. The number of hydrogen-bond acceptors (Lipinski definition) is 6. The van der Waals surface area contributed by atoms with Crippen molar-refractivity contribution in [3.8, 4) is 17.1 Å². The molecule has 3 aromatic carbocycles. The number of halogens is 1. The molecule has 7 nitrogen and oxygen atoms in total. The zero-order valence-electron chi connectivity index (χ0n) is 18.6. The number of thioether (sulfide) groups is 1. The SMILES string of the molecule is CC(=O)Nc1ccc2c(CSc3nnc(-c4ccccc4)n3-c3ccc(F)cc3)cc(=O)oc2c1. The van der Waals surface area contributed by atoms with Crippen LogP contribution in [0.1, 0.15) is 12.5 Å². The van der Waals surface area contributed by atoms with E-state index in [2.05, 4.69) is 15.5 Å². The first-order valence-electron chi connectivity index (χ1n) is 10.7. The Bertz CT molecular complexity index is 1580. The summed E-state index contributed by atoms with van der Waals surface area (Å²) in [5.41, 5.74) is 2.78. The highest BCUT2D eigenvalue weighted by molar-refractivity contribution is 7.98. The standard InChI is InChI=1S/C26H19FN4O3S/c1-16(32)28-20-9-12-22-18(13-24(33)34-23(22)14-20)15-35-26-30-29-25(17-5-3-2-4-6-17)31(26)21-10-7-19(27)8-11-21/h2-14H,15H2,1H3,(H,28,32). The summed E-state index contributed by atoms with van der Waals surface area (Å²) in [7, 11) is 0. The van der Waals surface area contributed by atoms with Gasteiger partial charge < -0.3 is 9.73 Å². The van der Waals surface area contributed by atoms with Gasteiger partial charge in [-0.25, -0.2) is 9.18 Å².